The number of methoxy groups -OCH3 is 1. The van der Waals surface area contributed by atoms with Gasteiger partial charge in [0.2, 0.25) is 11.8 Å². The van der Waals surface area contributed by atoms with E-state index in [2.05, 4.69) is 5.32 Å². The number of benzene rings is 3. The van der Waals surface area contributed by atoms with Gasteiger partial charge in [0.25, 0.3) is 10.0 Å². The summed E-state index contributed by atoms with van der Waals surface area (Å²) in [6.07, 6.45) is 0.727. The fourth-order valence-electron chi connectivity index (χ4n) is 4.22. The Morgan fingerprint density at radius 2 is 1.48 bits per heavy atom. The van der Waals surface area contributed by atoms with E-state index in [0.29, 0.717) is 23.8 Å². The molecule has 9 nitrogen and oxygen atoms in total. The van der Waals surface area contributed by atoms with Crippen molar-refractivity contribution < 1.29 is 27.5 Å². The fourth-order valence-corrected chi connectivity index (χ4v) is 5.63. The summed E-state index contributed by atoms with van der Waals surface area (Å²) in [6, 6.07) is 19.2. The average molecular weight is 596 g/mol. The second-order valence-electron chi connectivity index (χ2n) is 10.1. The number of anilines is 1. The van der Waals surface area contributed by atoms with Crippen molar-refractivity contribution in [1.82, 2.24) is 10.2 Å². The Morgan fingerprint density at radius 1 is 0.881 bits per heavy atom. The fraction of sp³-hybridized carbons (Fsp3) is 0.375. The van der Waals surface area contributed by atoms with Gasteiger partial charge in [0.1, 0.15) is 24.1 Å². The summed E-state index contributed by atoms with van der Waals surface area (Å²) in [5, 5.41) is 2.93. The summed E-state index contributed by atoms with van der Waals surface area (Å²) in [7, 11) is -2.58. The minimum atomic E-state index is -4.15. The molecule has 0 aliphatic rings. The molecular formula is C32H41N3O6S. The van der Waals surface area contributed by atoms with Crippen molar-refractivity contribution in [2.45, 2.75) is 64.6 Å². The zero-order valence-electron chi connectivity index (χ0n) is 25.2. The molecule has 0 fully saturated rings. The molecular weight excluding hydrogens is 554 g/mol. The molecule has 42 heavy (non-hydrogen) atoms. The summed E-state index contributed by atoms with van der Waals surface area (Å²) in [5.74, 6) is 0.393. The summed E-state index contributed by atoms with van der Waals surface area (Å²) in [5.41, 5.74) is 1.97. The number of nitrogens with zero attached hydrogens (tertiary/aromatic N) is 2. The number of aryl methyl sites for hydroxylation is 1. The number of ether oxygens (including phenoxy) is 2. The molecule has 0 aromatic heterocycles. The normalized spacial score (nSPS) is 12.6. The van der Waals surface area contributed by atoms with Gasteiger partial charge in [0, 0.05) is 12.6 Å². The van der Waals surface area contributed by atoms with Gasteiger partial charge >= 0.3 is 0 Å². The van der Waals surface area contributed by atoms with Gasteiger partial charge in [-0.15, -0.1) is 0 Å². The predicted molar refractivity (Wildman–Crippen MR) is 164 cm³/mol. The molecule has 3 aromatic carbocycles. The molecule has 0 unspecified atom stereocenters. The van der Waals surface area contributed by atoms with E-state index < -0.39 is 28.5 Å². The Labute approximate surface area is 249 Å². The monoisotopic (exact) mass is 595 g/mol. The predicted octanol–water partition coefficient (Wildman–Crippen LogP) is 4.93. The van der Waals surface area contributed by atoms with Crippen molar-refractivity contribution in [3.63, 3.8) is 0 Å². The molecule has 0 bridgehead atoms. The Kier molecular flexibility index (Phi) is 11.4. The van der Waals surface area contributed by atoms with Crippen LogP contribution in [0.3, 0.4) is 0 Å². The summed E-state index contributed by atoms with van der Waals surface area (Å²) in [4.78, 5) is 28.7. The Hall–Kier alpha value is -4.05. The van der Waals surface area contributed by atoms with Gasteiger partial charge in [-0.2, -0.15) is 0 Å². The van der Waals surface area contributed by atoms with Gasteiger partial charge in [-0.25, -0.2) is 8.42 Å². The first-order chi connectivity index (χ1) is 20.0. The molecule has 0 aliphatic heterocycles. The van der Waals surface area contributed by atoms with Crippen molar-refractivity contribution >= 4 is 27.5 Å². The first-order valence-electron chi connectivity index (χ1n) is 14.0. The molecule has 0 saturated carbocycles. The van der Waals surface area contributed by atoms with E-state index in [4.69, 9.17) is 9.47 Å². The summed E-state index contributed by atoms with van der Waals surface area (Å²) >= 11 is 0. The van der Waals surface area contributed by atoms with E-state index in [1.807, 2.05) is 39.8 Å². The molecule has 0 spiro atoms. The van der Waals surface area contributed by atoms with Crippen molar-refractivity contribution in [3.8, 4) is 11.5 Å². The molecule has 3 aromatic rings. The average Bonchev–Trinajstić information content (AvgIpc) is 2.99. The van der Waals surface area contributed by atoms with Crippen LogP contribution in [0.25, 0.3) is 0 Å². The molecule has 3 rings (SSSR count). The van der Waals surface area contributed by atoms with Crippen LogP contribution in [0.2, 0.25) is 0 Å². The van der Waals surface area contributed by atoms with Gasteiger partial charge in [-0.3, -0.25) is 13.9 Å². The van der Waals surface area contributed by atoms with Crippen LogP contribution in [0.4, 0.5) is 5.69 Å². The third-order valence-electron chi connectivity index (χ3n) is 7.00. The van der Waals surface area contributed by atoms with Crippen molar-refractivity contribution in [2.75, 3.05) is 24.6 Å². The summed E-state index contributed by atoms with van der Waals surface area (Å²) < 4.78 is 39.8. The third kappa shape index (κ3) is 8.25. The number of hydrogen-bond acceptors (Lipinski definition) is 6. The van der Waals surface area contributed by atoms with Crippen LogP contribution in [-0.4, -0.2) is 57.5 Å². The minimum absolute atomic E-state index is 0.0547. The molecule has 0 radical (unpaired) electrons. The van der Waals surface area contributed by atoms with Crippen molar-refractivity contribution in [2.24, 2.45) is 0 Å². The topological polar surface area (TPSA) is 105 Å². The third-order valence-corrected chi connectivity index (χ3v) is 8.79. The highest BCUT2D eigenvalue weighted by atomic mass is 32.2. The maximum Gasteiger partial charge on any atom is 0.264 e. The van der Waals surface area contributed by atoms with Gasteiger partial charge in [0.15, 0.2) is 0 Å². The first-order valence-corrected chi connectivity index (χ1v) is 15.5. The second kappa shape index (κ2) is 14.7. The number of rotatable bonds is 14. The number of carbonyl (C=O) groups is 2. The maximum absolute atomic E-state index is 14.0. The standard InChI is InChI=1S/C32H41N3O6S/c1-7-24(4)33-32(37)25(5)34(21-26-11-15-28(40-6)16-12-26)31(36)22-35(27-13-17-29(18-14-27)41-8-2)42(38,39)30-19-9-23(3)10-20-30/h9-20,24-25H,7-8,21-22H2,1-6H3,(H,33,37)/t24-,25+/m0/s1. The van der Waals surface area contributed by atoms with Crippen LogP contribution in [0, 0.1) is 6.92 Å². The highest BCUT2D eigenvalue weighted by molar-refractivity contribution is 7.92. The minimum Gasteiger partial charge on any atom is -0.497 e. The van der Waals surface area contributed by atoms with Crippen LogP contribution in [0.5, 0.6) is 11.5 Å². The van der Waals surface area contributed by atoms with Crippen LogP contribution >= 0.6 is 0 Å². The lowest BCUT2D eigenvalue weighted by Crippen LogP contribution is -2.52. The molecule has 0 heterocycles. The van der Waals surface area contributed by atoms with E-state index in [1.165, 1.54) is 17.0 Å². The number of sulfonamides is 1. The second-order valence-corrected chi connectivity index (χ2v) is 12.0. The first kappa shape index (κ1) is 32.5. The lowest BCUT2D eigenvalue weighted by molar-refractivity contribution is -0.139. The number of hydrogen-bond donors (Lipinski definition) is 1. The maximum atomic E-state index is 14.0. The van der Waals surface area contributed by atoms with Crippen LogP contribution < -0.4 is 19.1 Å². The molecule has 2 atom stereocenters. The molecule has 1 N–H and O–H groups in total. The van der Waals surface area contributed by atoms with Gasteiger partial charge in [0.05, 0.1) is 24.3 Å². The van der Waals surface area contributed by atoms with Gasteiger partial charge < -0.3 is 19.7 Å². The largest absolute Gasteiger partial charge is 0.497 e. The van der Waals surface area contributed by atoms with Crippen LogP contribution in [-0.2, 0) is 26.2 Å². The van der Waals surface area contributed by atoms with Crippen LogP contribution in [0.15, 0.2) is 77.7 Å². The van der Waals surface area contributed by atoms with E-state index in [1.54, 1.807) is 62.6 Å². The summed E-state index contributed by atoms with van der Waals surface area (Å²) in [6.45, 7) is 9.27. The lowest BCUT2D eigenvalue weighted by atomic mass is 10.1. The van der Waals surface area contributed by atoms with E-state index in [-0.39, 0.29) is 23.4 Å². The SMILES string of the molecule is CCOc1ccc(N(CC(=O)N(Cc2ccc(OC)cc2)[C@H](C)C(=O)N[C@@H](C)CC)S(=O)(=O)c2ccc(C)cc2)cc1. The number of nitrogens with one attached hydrogen (secondary N) is 1. The quantitative estimate of drug-likeness (QED) is 0.283. The highest BCUT2D eigenvalue weighted by Crippen LogP contribution is 2.27. The zero-order chi connectivity index (χ0) is 30.9. The van der Waals surface area contributed by atoms with Crippen LogP contribution in [0.1, 0.15) is 45.2 Å². The van der Waals surface area contributed by atoms with E-state index >= 15 is 0 Å². The smallest absolute Gasteiger partial charge is 0.264 e. The van der Waals surface area contributed by atoms with Gasteiger partial charge in [-0.1, -0.05) is 36.8 Å². The number of amides is 2. The van der Waals surface area contributed by atoms with E-state index in [9.17, 15) is 18.0 Å². The Balaban J connectivity index is 2.02. The molecule has 226 valence electrons. The van der Waals surface area contributed by atoms with Crippen molar-refractivity contribution in [3.05, 3.63) is 83.9 Å². The Bertz CT molecular complexity index is 1420. The number of carbonyl (C=O) groups excluding carboxylic acids is 2. The zero-order valence-corrected chi connectivity index (χ0v) is 26.0. The van der Waals surface area contributed by atoms with Gasteiger partial charge in [-0.05, 0) is 88.2 Å². The molecule has 0 aliphatic carbocycles. The Morgan fingerprint density at radius 3 is 2.02 bits per heavy atom. The molecule has 2 amide bonds. The van der Waals surface area contributed by atoms with E-state index in [0.717, 1.165) is 21.9 Å². The molecule has 0 saturated heterocycles. The van der Waals surface area contributed by atoms with Crippen molar-refractivity contribution in [1.29, 1.82) is 0 Å². The lowest BCUT2D eigenvalue weighted by Gasteiger charge is -2.32. The molecule has 10 heteroatoms. The highest BCUT2D eigenvalue weighted by Gasteiger charge is 2.32.